The van der Waals surface area contributed by atoms with Gasteiger partial charge in [-0.3, -0.25) is 5.32 Å². The summed E-state index contributed by atoms with van der Waals surface area (Å²) in [5.41, 5.74) is 1.04. The number of carbonyl (C=O) groups is 2. The van der Waals surface area contributed by atoms with E-state index in [9.17, 15) is 9.59 Å². The fourth-order valence-corrected chi connectivity index (χ4v) is 2.74. The van der Waals surface area contributed by atoms with Crippen molar-refractivity contribution in [3.8, 4) is 0 Å². The van der Waals surface area contributed by atoms with Crippen LogP contribution in [0.2, 0.25) is 0 Å². The average Bonchev–Trinajstić information content (AvgIpc) is 2.60. The Labute approximate surface area is 130 Å². The van der Waals surface area contributed by atoms with E-state index in [1.165, 1.54) is 12.1 Å². The first-order chi connectivity index (χ1) is 10.4. The van der Waals surface area contributed by atoms with Crippen molar-refractivity contribution >= 4 is 17.7 Å². The molecule has 1 aromatic carbocycles. The van der Waals surface area contributed by atoms with E-state index in [1.54, 1.807) is 12.1 Å². The third kappa shape index (κ3) is 4.76. The predicted octanol–water partition coefficient (Wildman–Crippen LogP) is 4.29. The van der Waals surface area contributed by atoms with Crippen LogP contribution in [0.5, 0.6) is 0 Å². The minimum atomic E-state index is -0.991. The molecule has 0 bridgehead atoms. The van der Waals surface area contributed by atoms with Gasteiger partial charge in [-0.15, -0.1) is 0 Å². The number of rotatable bonds is 3. The smallest absolute Gasteiger partial charge is 0.411 e. The standard InChI is InChI=1S/C17H23NO4/c1-17(2)10-3-4-14(9-11-17)22-16(21)18-13-7-5-12(6-8-13)15(19)20/h5-8,14H,3-4,9-11H2,1-2H3,(H,18,21)(H,19,20). The molecule has 0 spiro atoms. The molecule has 0 aliphatic heterocycles. The maximum absolute atomic E-state index is 11.9. The lowest BCUT2D eigenvalue weighted by Gasteiger charge is -2.21. The van der Waals surface area contributed by atoms with Crippen LogP contribution in [-0.4, -0.2) is 23.3 Å². The van der Waals surface area contributed by atoms with Crippen LogP contribution >= 0.6 is 0 Å². The zero-order chi connectivity index (χ0) is 16.2. The van der Waals surface area contributed by atoms with E-state index in [0.717, 1.165) is 32.1 Å². The van der Waals surface area contributed by atoms with E-state index in [1.807, 2.05) is 0 Å². The maximum atomic E-state index is 11.9. The molecule has 1 saturated carbocycles. The summed E-state index contributed by atoms with van der Waals surface area (Å²) in [6.07, 6.45) is 4.54. The van der Waals surface area contributed by atoms with Crippen molar-refractivity contribution in [2.24, 2.45) is 5.41 Å². The van der Waals surface area contributed by atoms with Crippen molar-refractivity contribution < 1.29 is 19.4 Å². The number of benzene rings is 1. The van der Waals surface area contributed by atoms with Crippen LogP contribution in [0.3, 0.4) is 0 Å². The van der Waals surface area contributed by atoms with Crippen molar-refractivity contribution in [1.29, 1.82) is 0 Å². The van der Waals surface area contributed by atoms with Gasteiger partial charge in [-0.25, -0.2) is 9.59 Å². The van der Waals surface area contributed by atoms with Gasteiger partial charge in [-0.1, -0.05) is 13.8 Å². The van der Waals surface area contributed by atoms with Crippen LogP contribution in [0, 0.1) is 5.41 Å². The van der Waals surface area contributed by atoms with Gasteiger partial charge >= 0.3 is 12.1 Å². The first kappa shape index (κ1) is 16.3. The van der Waals surface area contributed by atoms with Gasteiger partial charge in [0.15, 0.2) is 0 Å². The van der Waals surface area contributed by atoms with Crippen LogP contribution in [0.15, 0.2) is 24.3 Å². The molecule has 120 valence electrons. The summed E-state index contributed by atoms with van der Waals surface area (Å²) in [5, 5.41) is 11.5. The number of anilines is 1. The number of hydrogen-bond donors (Lipinski definition) is 2. The molecule has 2 N–H and O–H groups in total. The van der Waals surface area contributed by atoms with E-state index in [0.29, 0.717) is 11.1 Å². The highest BCUT2D eigenvalue weighted by atomic mass is 16.6. The largest absolute Gasteiger partial charge is 0.478 e. The van der Waals surface area contributed by atoms with Crippen molar-refractivity contribution in [3.05, 3.63) is 29.8 Å². The van der Waals surface area contributed by atoms with Gasteiger partial charge in [0, 0.05) is 5.69 Å². The van der Waals surface area contributed by atoms with E-state index in [2.05, 4.69) is 19.2 Å². The highest BCUT2D eigenvalue weighted by Gasteiger charge is 2.26. The molecule has 0 heterocycles. The molecule has 0 radical (unpaired) electrons. The molecular formula is C17H23NO4. The summed E-state index contributed by atoms with van der Waals surface area (Å²) in [6.45, 7) is 4.50. The Balaban J connectivity index is 1.86. The van der Waals surface area contributed by atoms with E-state index < -0.39 is 12.1 Å². The van der Waals surface area contributed by atoms with E-state index in [-0.39, 0.29) is 11.7 Å². The van der Waals surface area contributed by atoms with Crippen molar-refractivity contribution in [2.75, 3.05) is 5.32 Å². The highest BCUT2D eigenvalue weighted by molar-refractivity contribution is 5.89. The number of nitrogens with one attached hydrogen (secondary N) is 1. The molecule has 5 nitrogen and oxygen atoms in total. The molecule has 1 atom stereocenters. The predicted molar refractivity (Wildman–Crippen MR) is 84.2 cm³/mol. The van der Waals surface area contributed by atoms with Gasteiger partial charge in [0.1, 0.15) is 6.10 Å². The summed E-state index contributed by atoms with van der Waals surface area (Å²) < 4.78 is 5.48. The summed E-state index contributed by atoms with van der Waals surface area (Å²) in [6, 6.07) is 6.01. The van der Waals surface area contributed by atoms with Crippen molar-refractivity contribution in [3.63, 3.8) is 0 Å². The molecule has 1 aliphatic rings. The van der Waals surface area contributed by atoms with Crippen LogP contribution in [0.25, 0.3) is 0 Å². The molecule has 1 amide bonds. The quantitative estimate of drug-likeness (QED) is 0.817. The second-order valence-electron chi connectivity index (χ2n) is 6.63. The summed E-state index contributed by atoms with van der Waals surface area (Å²) in [7, 11) is 0. The van der Waals surface area contributed by atoms with Crippen molar-refractivity contribution in [1.82, 2.24) is 0 Å². The second-order valence-corrected chi connectivity index (χ2v) is 6.63. The van der Waals surface area contributed by atoms with Crippen molar-refractivity contribution in [2.45, 2.75) is 52.1 Å². The fraction of sp³-hybridized carbons (Fsp3) is 0.529. The lowest BCUT2D eigenvalue weighted by Crippen LogP contribution is -2.22. The van der Waals surface area contributed by atoms with Crippen LogP contribution in [-0.2, 0) is 4.74 Å². The van der Waals surface area contributed by atoms with Crippen LogP contribution in [0.4, 0.5) is 10.5 Å². The summed E-state index contributed by atoms with van der Waals surface area (Å²) >= 11 is 0. The Morgan fingerprint density at radius 1 is 1.18 bits per heavy atom. The number of carbonyl (C=O) groups excluding carboxylic acids is 1. The monoisotopic (exact) mass is 305 g/mol. The minimum absolute atomic E-state index is 0.0416. The summed E-state index contributed by atoms with van der Waals surface area (Å²) in [4.78, 5) is 22.7. The zero-order valence-corrected chi connectivity index (χ0v) is 13.1. The number of hydrogen-bond acceptors (Lipinski definition) is 3. The minimum Gasteiger partial charge on any atom is -0.478 e. The summed E-state index contributed by atoms with van der Waals surface area (Å²) in [5.74, 6) is -0.991. The fourth-order valence-electron chi connectivity index (χ4n) is 2.74. The maximum Gasteiger partial charge on any atom is 0.411 e. The van der Waals surface area contributed by atoms with Gasteiger partial charge in [0.2, 0.25) is 0 Å². The zero-order valence-electron chi connectivity index (χ0n) is 13.1. The topological polar surface area (TPSA) is 75.6 Å². The second kappa shape index (κ2) is 6.81. The Hall–Kier alpha value is -2.04. The number of aromatic carboxylic acids is 1. The Morgan fingerprint density at radius 2 is 1.86 bits per heavy atom. The Morgan fingerprint density at radius 3 is 2.50 bits per heavy atom. The molecule has 5 heteroatoms. The van der Waals surface area contributed by atoms with Gasteiger partial charge in [-0.2, -0.15) is 0 Å². The lowest BCUT2D eigenvalue weighted by atomic mass is 9.85. The lowest BCUT2D eigenvalue weighted by molar-refractivity contribution is 0.0696. The van der Waals surface area contributed by atoms with Gasteiger partial charge in [0.05, 0.1) is 5.56 Å². The number of ether oxygens (including phenoxy) is 1. The van der Waals surface area contributed by atoms with Crippen LogP contribution in [0.1, 0.15) is 56.3 Å². The Kier molecular flexibility index (Phi) is 5.06. The molecule has 0 aromatic heterocycles. The molecule has 1 fully saturated rings. The third-order valence-corrected chi connectivity index (χ3v) is 4.17. The number of carboxylic acid groups (broad SMARTS) is 1. The van der Waals surface area contributed by atoms with Gasteiger partial charge in [0.25, 0.3) is 0 Å². The Bertz CT molecular complexity index is 536. The van der Waals surface area contributed by atoms with E-state index in [4.69, 9.17) is 9.84 Å². The molecule has 1 aromatic rings. The van der Waals surface area contributed by atoms with Gasteiger partial charge < -0.3 is 9.84 Å². The highest BCUT2D eigenvalue weighted by Crippen LogP contribution is 2.34. The molecule has 1 unspecified atom stereocenters. The van der Waals surface area contributed by atoms with Crippen LogP contribution < -0.4 is 5.32 Å². The average molecular weight is 305 g/mol. The number of carboxylic acids is 1. The first-order valence-corrected chi connectivity index (χ1v) is 7.67. The van der Waals surface area contributed by atoms with Gasteiger partial charge in [-0.05, 0) is 61.8 Å². The normalized spacial score (nSPS) is 20.7. The molecular weight excluding hydrogens is 282 g/mol. The molecule has 0 saturated heterocycles. The molecule has 22 heavy (non-hydrogen) atoms. The van der Waals surface area contributed by atoms with E-state index >= 15 is 0 Å². The first-order valence-electron chi connectivity index (χ1n) is 7.67. The SMILES string of the molecule is CC1(C)CCCC(OC(=O)Nc2ccc(C(=O)O)cc2)CC1. The number of amides is 1. The third-order valence-electron chi connectivity index (χ3n) is 4.17. The molecule has 2 rings (SSSR count). The molecule has 1 aliphatic carbocycles.